The molecule has 0 unspecified atom stereocenters. The molecule has 0 bridgehead atoms. The van der Waals surface area contributed by atoms with Crippen LogP contribution in [-0.2, 0) is 18.9 Å². The van der Waals surface area contributed by atoms with Gasteiger partial charge in [-0.2, -0.15) is 0 Å². The van der Waals surface area contributed by atoms with E-state index in [4.69, 9.17) is 18.9 Å². The summed E-state index contributed by atoms with van der Waals surface area (Å²) in [5, 5.41) is 10.1. The van der Waals surface area contributed by atoms with Gasteiger partial charge in [-0.15, -0.1) is 0 Å². The molecule has 4 aliphatic heterocycles. The van der Waals surface area contributed by atoms with Gasteiger partial charge in [0.1, 0.15) is 5.60 Å². The van der Waals surface area contributed by atoms with Gasteiger partial charge in [0.15, 0.2) is 0 Å². The highest BCUT2D eigenvalue weighted by atomic mass is 16.6. The first-order valence-electron chi connectivity index (χ1n) is 8.35. The van der Waals surface area contributed by atoms with Crippen molar-refractivity contribution in [2.24, 2.45) is 0 Å². The molecule has 4 fully saturated rings. The van der Waals surface area contributed by atoms with Crippen molar-refractivity contribution in [1.82, 2.24) is 0 Å². The molecule has 21 heavy (non-hydrogen) atoms. The summed E-state index contributed by atoms with van der Waals surface area (Å²) in [4.78, 5) is 0. The molecule has 5 nitrogen and oxygen atoms in total. The fraction of sp³-hybridized carbons (Fsp3) is 1.00. The van der Waals surface area contributed by atoms with Gasteiger partial charge in [0.25, 0.3) is 0 Å². The Bertz CT molecular complexity index is 402. The predicted molar refractivity (Wildman–Crippen MR) is 75.1 cm³/mol. The average Bonchev–Trinajstić information content (AvgIpc) is 2.50. The highest BCUT2D eigenvalue weighted by Crippen LogP contribution is 2.49. The van der Waals surface area contributed by atoms with Gasteiger partial charge >= 0.3 is 0 Å². The van der Waals surface area contributed by atoms with Gasteiger partial charge in [-0.05, 0) is 32.6 Å². The van der Waals surface area contributed by atoms with Crippen molar-refractivity contribution in [3.63, 3.8) is 0 Å². The van der Waals surface area contributed by atoms with E-state index >= 15 is 0 Å². The van der Waals surface area contributed by atoms with Gasteiger partial charge < -0.3 is 24.1 Å². The molecule has 4 rings (SSSR count). The summed E-state index contributed by atoms with van der Waals surface area (Å²) < 4.78 is 24.6. The summed E-state index contributed by atoms with van der Waals surface area (Å²) in [5.74, 6) is 0. The predicted octanol–water partition coefficient (Wildman–Crippen LogP) is 1.41. The number of aliphatic hydroxyl groups excluding tert-OH is 1. The van der Waals surface area contributed by atoms with Crippen LogP contribution in [-0.4, -0.2) is 60.5 Å². The van der Waals surface area contributed by atoms with Crippen molar-refractivity contribution in [2.45, 2.75) is 81.1 Å². The second-order valence-electron chi connectivity index (χ2n) is 7.26. The molecular weight excluding hydrogens is 272 g/mol. The number of ether oxygens (including phenoxy) is 4. The zero-order chi connectivity index (χ0) is 14.5. The summed E-state index contributed by atoms with van der Waals surface area (Å²) >= 11 is 0. The van der Waals surface area contributed by atoms with Crippen molar-refractivity contribution in [2.75, 3.05) is 19.8 Å². The van der Waals surface area contributed by atoms with E-state index in [9.17, 15) is 5.11 Å². The molecular formula is C16H26O5. The SMILES string of the molecule is C[C@@]12C[C@]3(CO)O[C@@H]4CCCO[C@H]4C[C@H]3O[C@H]1CCCO2. The monoisotopic (exact) mass is 298 g/mol. The van der Waals surface area contributed by atoms with Crippen LogP contribution < -0.4 is 0 Å². The van der Waals surface area contributed by atoms with Gasteiger partial charge in [0, 0.05) is 26.1 Å². The van der Waals surface area contributed by atoms with E-state index in [0.717, 1.165) is 51.7 Å². The van der Waals surface area contributed by atoms with E-state index in [1.165, 1.54) is 0 Å². The van der Waals surface area contributed by atoms with E-state index in [1.807, 2.05) is 0 Å². The maximum atomic E-state index is 10.1. The highest BCUT2D eigenvalue weighted by molar-refractivity contribution is 5.09. The number of aliphatic hydroxyl groups is 1. The lowest BCUT2D eigenvalue weighted by Gasteiger charge is -2.59. The molecule has 0 aromatic rings. The number of hydrogen-bond acceptors (Lipinski definition) is 5. The van der Waals surface area contributed by atoms with Crippen molar-refractivity contribution in [1.29, 1.82) is 0 Å². The molecule has 1 N–H and O–H groups in total. The Morgan fingerprint density at radius 1 is 1.10 bits per heavy atom. The van der Waals surface area contributed by atoms with Gasteiger partial charge in [-0.1, -0.05) is 0 Å². The molecule has 0 amide bonds. The van der Waals surface area contributed by atoms with Gasteiger partial charge in [-0.3, -0.25) is 0 Å². The van der Waals surface area contributed by atoms with E-state index < -0.39 is 5.60 Å². The fourth-order valence-electron chi connectivity index (χ4n) is 4.64. The van der Waals surface area contributed by atoms with E-state index in [2.05, 4.69) is 6.92 Å². The van der Waals surface area contributed by atoms with Crippen LogP contribution in [0.3, 0.4) is 0 Å². The van der Waals surface area contributed by atoms with Crippen LogP contribution >= 0.6 is 0 Å². The van der Waals surface area contributed by atoms with Gasteiger partial charge in [0.05, 0.1) is 36.6 Å². The van der Waals surface area contributed by atoms with Gasteiger partial charge in [-0.25, -0.2) is 0 Å². The quantitative estimate of drug-likeness (QED) is 0.793. The lowest BCUT2D eigenvalue weighted by molar-refractivity contribution is -0.340. The van der Waals surface area contributed by atoms with E-state index in [1.54, 1.807) is 0 Å². The highest BCUT2D eigenvalue weighted by Gasteiger charge is 2.60. The summed E-state index contributed by atoms with van der Waals surface area (Å²) in [6.45, 7) is 3.69. The normalized spacial score (nSPS) is 53.4. The zero-order valence-electron chi connectivity index (χ0n) is 12.8. The molecule has 4 saturated heterocycles. The zero-order valence-corrected chi connectivity index (χ0v) is 12.8. The Balaban J connectivity index is 1.61. The average molecular weight is 298 g/mol. The first kappa shape index (κ1) is 14.4. The summed E-state index contributed by atoms with van der Waals surface area (Å²) in [7, 11) is 0. The molecule has 0 aromatic heterocycles. The minimum Gasteiger partial charge on any atom is -0.393 e. The molecule has 0 aliphatic carbocycles. The van der Waals surface area contributed by atoms with Crippen LogP contribution in [0.1, 0.15) is 45.4 Å². The summed E-state index contributed by atoms with van der Waals surface area (Å²) in [6, 6.07) is 0. The summed E-state index contributed by atoms with van der Waals surface area (Å²) in [5.41, 5.74) is -0.954. The Morgan fingerprint density at radius 2 is 1.95 bits per heavy atom. The van der Waals surface area contributed by atoms with Crippen molar-refractivity contribution in [3.05, 3.63) is 0 Å². The van der Waals surface area contributed by atoms with Crippen LogP contribution in [0.15, 0.2) is 0 Å². The second kappa shape index (κ2) is 5.17. The largest absolute Gasteiger partial charge is 0.393 e. The van der Waals surface area contributed by atoms with Crippen molar-refractivity contribution >= 4 is 0 Å². The van der Waals surface area contributed by atoms with Crippen molar-refractivity contribution in [3.8, 4) is 0 Å². The van der Waals surface area contributed by atoms with E-state index in [-0.39, 0.29) is 36.6 Å². The number of hydrogen-bond donors (Lipinski definition) is 1. The first-order valence-corrected chi connectivity index (χ1v) is 8.35. The fourth-order valence-corrected chi connectivity index (χ4v) is 4.64. The third-order valence-corrected chi connectivity index (χ3v) is 5.77. The molecule has 0 saturated carbocycles. The topological polar surface area (TPSA) is 57.2 Å². The molecule has 0 radical (unpaired) electrons. The maximum Gasteiger partial charge on any atom is 0.121 e. The van der Waals surface area contributed by atoms with Crippen LogP contribution in [0.4, 0.5) is 0 Å². The van der Waals surface area contributed by atoms with Crippen LogP contribution in [0, 0.1) is 0 Å². The molecule has 0 aromatic carbocycles. The molecule has 4 heterocycles. The molecule has 4 aliphatic rings. The van der Waals surface area contributed by atoms with Crippen molar-refractivity contribution < 1.29 is 24.1 Å². The van der Waals surface area contributed by atoms with Gasteiger partial charge in [0.2, 0.25) is 0 Å². The molecule has 6 atom stereocenters. The second-order valence-corrected chi connectivity index (χ2v) is 7.26. The van der Waals surface area contributed by atoms with Crippen LogP contribution in [0.5, 0.6) is 0 Å². The molecule has 0 spiro atoms. The number of fused-ring (bicyclic) bond motifs is 3. The van der Waals surface area contributed by atoms with Crippen LogP contribution in [0.2, 0.25) is 0 Å². The minimum absolute atomic E-state index is 0.00738. The standard InChI is InChI=1S/C16H26O5/c1-15-9-16(10-17)14(20-13(15)5-3-7-19-15)8-12-11(21-16)4-2-6-18-12/h11-14,17H,2-10H2,1H3/t11-,12+,13+,14-,15-,16-/m1/s1. The maximum absolute atomic E-state index is 10.1. The molecule has 5 heteroatoms. The lowest BCUT2D eigenvalue weighted by Crippen LogP contribution is -2.70. The van der Waals surface area contributed by atoms with E-state index in [0.29, 0.717) is 0 Å². The third kappa shape index (κ3) is 2.25. The Morgan fingerprint density at radius 3 is 2.81 bits per heavy atom. The Labute approximate surface area is 125 Å². The lowest BCUT2D eigenvalue weighted by atomic mass is 9.72. The third-order valence-electron chi connectivity index (χ3n) is 5.77. The molecule has 120 valence electrons. The smallest absolute Gasteiger partial charge is 0.121 e. The summed E-state index contributed by atoms with van der Waals surface area (Å²) in [6.07, 6.45) is 5.91. The Kier molecular flexibility index (Phi) is 3.54. The Hall–Kier alpha value is -0.200. The van der Waals surface area contributed by atoms with Crippen LogP contribution in [0.25, 0.3) is 0 Å². The minimum atomic E-state index is -0.621. The number of rotatable bonds is 1. The first-order chi connectivity index (χ1) is 10.2.